The summed E-state index contributed by atoms with van der Waals surface area (Å²) in [6.45, 7) is 1.22. The second kappa shape index (κ2) is 5.32. The minimum atomic E-state index is -0.456. The van der Waals surface area contributed by atoms with Gasteiger partial charge in [0.15, 0.2) is 0 Å². The number of rotatable bonds is 5. The Morgan fingerprint density at radius 2 is 2.19 bits per heavy atom. The maximum Gasteiger partial charge on any atom is 0.339 e. The van der Waals surface area contributed by atoms with E-state index in [1.807, 2.05) is 6.07 Å². The van der Waals surface area contributed by atoms with Gasteiger partial charge in [-0.25, -0.2) is 4.79 Å². The fraction of sp³-hybridized carbons (Fsp3) is 0.250. The van der Waals surface area contributed by atoms with Crippen LogP contribution in [0.2, 0.25) is 0 Å². The normalized spacial score (nSPS) is 18.4. The summed E-state index contributed by atoms with van der Waals surface area (Å²) in [7, 11) is 0. The molecule has 1 fully saturated rings. The average molecular weight is 220 g/mol. The molecule has 2 rings (SSSR count). The molecule has 0 aliphatic carbocycles. The van der Waals surface area contributed by atoms with Crippen LogP contribution in [-0.2, 0) is 14.3 Å². The van der Waals surface area contributed by atoms with Gasteiger partial charge in [-0.3, -0.25) is 0 Å². The number of para-hydroxylation sites is 1. The van der Waals surface area contributed by atoms with E-state index in [1.54, 1.807) is 24.3 Å². The van der Waals surface area contributed by atoms with E-state index in [2.05, 4.69) is 0 Å². The maximum atomic E-state index is 11.3. The van der Waals surface area contributed by atoms with Crippen molar-refractivity contribution in [3.63, 3.8) is 0 Å². The lowest BCUT2D eigenvalue weighted by molar-refractivity contribution is -0.129. The molecule has 4 heteroatoms. The zero-order valence-electron chi connectivity index (χ0n) is 8.67. The molecule has 84 valence electrons. The van der Waals surface area contributed by atoms with Gasteiger partial charge in [-0.15, -0.1) is 0 Å². The number of carbonyl (C=O) groups is 1. The molecule has 1 aliphatic rings. The molecule has 1 saturated heterocycles. The van der Waals surface area contributed by atoms with Crippen LogP contribution in [0.5, 0.6) is 5.75 Å². The van der Waals surface area contributed by atoms with Crippen molar-refractivity contribution < 1.29 is 19.0 Å². The van der Waals surface area contributed by atoms with E-state index in [9.17, 15) is 4.79 Å². The second-order valence-electron chi connectivity index (χ2n) is 3.33. The van der Waals surface area contributed by atoms with Crippen LogP contribution < -0.4 is 4.74 Å². The standard InChI is InChI=1S/C12H12O4/c13-12(6-7-14-8-11-9-15-11)16-10-4-2-1-3-5-10/h1-7,11H,8-9H2. The summed E-state index contributed by atoms with van der Waals surface area (Å²) >= 11 is 0. The maximum absolute atomic E-state index is 11.3. The summed E-state index contributed by atoms with van der Waals surface area (Å²) < 4.78 is 15.0. The van der Waals surface area contributed by atoms with Crippen molar-refractivity contribution in [3.05, 3.63) is 42.7 Å². The van der Waals surface area contributed by atoms with Crippen LogP contribution in [0, 0.1) is 0 Å². The van der Waals surface area contributed by atoms with Crippen LogP contribution in [0.25, 0.3) is 0 Å². The predicted octanol–water partition coefficient (Wildman–Crippen LogP) is 1.52. The van der Waals surface area contributed by atoms with E-state index >= 15 is 0 Å². The summed E-state index contributed by atoms with van der Waals surface area (Å²) in [4.78, 5) is 11.3. The lowest BCUT2D eigenvalue weighted by Gasteiger charge is -1.99. The summed E-state index contributed by atoms with van der Waals surface area (Å²) in [5.41, 5.74) is 0. The van der Waals surface area contributed by atoms with Gasteiger partial charge in [0.1, 0.15) is 18.5 Å². The Hall–Kier alpha value is -1.81. The molecule has 1 aromatic carbocycles. The van der Waals surface area contributed by atoms with Crippen molar-refractivity contribution in [2.75, 3.05) is 13.2 Å². The van der Waals surface area contributed by atoms with Crippen molar-refractivity contribution in [1.29, 1.82) is 0 Å². The Kier molecular flexibility index (Phi) is 3.56. The first-order valence-electron chi connectivity index (χ1n) is 5.01. The molecule has 1 unspecified atom stereocenters. The van der Waals surface area contributed by atoms with Crippen molar-refractivity contribution in [2.45, 2.75) is 6.10 Å². The minimum absolute atomic E-state index is 0.190. The first-order chi connectivity index (χ1) is 7.84. The molecule has 16 heavy (non-hydrogen) atoms. The zero-order chi connectivity index (χ0) is 11.2. The van der Waals surface area contributed by atoms with Crippen molar-refractivity contribution in [3.8, 4) is 5.75 Å². The highest BCUT2D eigenvalue weighted by atomic mass is 16.6. The molecule has 0 bridgehead atoms. The highest BCUT2D eigenvalue weighted by Crippen LogP contribution is 2.09. The Balaban J connectivity index is 1.70. The van der Waals surface area contributed by atoms with E-state index < -0.39 is 5.97 Å². The molecule has 1 aliphatic heterocycles. The second-order valence-corrected chi connectivity index (χ2v) is 3.33. The lowest BCUT2D eigenvalue weighted by Crippen LogP contribution is -2.04. The van der Waals surface area contributed by atoms with Gasteiger partial charge in [0, 0.05) is 0 Å². The summed E-state index contributed by atoms with van der Waals surface area (Å²) in [5.74, 6) is 0.0607. The van der Waals surface area contributed by atoms with Gasteiger partial charge in [-0.05, 0) is 12.1 Å². The van der Waals surface area contributed by atoms with Gasteiger partial charge >= 0.3 is 5.97 Å². The first-order valence-corrected chi connectivity index (χ1v) is 5.01. The van der Waals surface area contributed by atoms with Gasteiger partial charge in [0.25, 0.3) is 0 Å². The Morgan fingerprint density at radius 3 is 2.88 bits per heavy atom. The van der Waals surface area contributed by atoms with Crippen molar-refractivity contribution >= 4 is 5.97 Å². The molecular formula is C12H12O4. The van der Waals surface area contributed by atoms with Gasteiger partial charge in [-0.2, -0.15) is 0 Å². The molecule has 1 aromatic rings. The molecule has 0 radical (unpaired) electrons. The number of benzene rings is 1. The SMILES string of the molecule is O=C(C=COCC1CO1)Oc1ccccc1. The highest BCUT2D eigenvalue weighted by Gasteiger charge is 2.22. The van der Waals surface area contributed by atoms with Crippen molar-refractivity contribution in [1.82, 2.24) is 0 Å². The van der Waals surface area contributed by atoms with Gasteiger partial charge in [0.2, 0.25) is 0 Å². The third-order valence-electron chi connectivity index (χ3n) is 1.95. The number of hydrogen-bond donors (Lipinski definition) is 0. The first kappa shape index (κ1) is 10.7. The number of epoxide rings is 1. The fourth-order valence-electron chi connectivity index (χ4n) is 1.07. The highest BCUT2D eigenvalue weighted by molar-refractivity contribution is 5.83. The molecule has 1 atom stereocenters. The van der Waals surface area contributed by atoms with Gasteiger partial charge in [-0.1, -0.05) is 18.2 Å². The molecular weight excluding hydrogens is 208 g/mol. The molecule has 0 N–H and O–H groups in total. The topological polar surface area (TPSA) is 48.1 Å². The van der Waals surface area contributed by atoms with Crippen molar-refractivity contribution in [2.24, 2.45) is 0 Å². The molecule has 0 aromatic heterocycles. The molecule has 0 saturated carbocycles. The third kappa shape index (κ3) is 3.74. The fourth-order valence-corrected chi connectivity index (χ4v) is 1.07. The summed E-state index contributed by atoms with van der Waals surface area (Å²) in [6, 6.07) is 8.88. The largest absolute Gasteiger partial charge is 0.498 e. The predicted molar refractivity (Wildman–Crippen MR) is 56.9 cm³/mol. The van der Waals surface area contributed by atoms with Crippen LogP contribution in [0.15, 0.2) is 42.7 Å². The number of ether oxygens (including phenoxy) is 3. The summed E-state index contributed by atoms with van der Waals surface area (Å²) in [6.07, 6.45) is 2.76. The van der Waals surface area contributed by atoms with Crippen LogP contribution >= 0.6 is 0 Å². The van der Waals surface area contributed by atoms with Crippen LogP contribution in [0.4, 0.5) is 0 Å². The third-order valence-corrected chi connectivity index (χ3v) is 1.95. The molecule has 0 spiro atoms. The smallest absolute Gasteiger partial charge is 0.339 e. The number of carbonyl (C=O) groups excluding carboxylic acids is 1. The molecule has 0 amide bonds. The van der Waals surface area contributed by atoms with E-state index in [0.29, 0.717) is 12.4 Å². The molecule has 1 heterocycles. The summed E-state index contributed by atoms with van der Waals surface area (Å²) in [5, 5.41) is 0. The zero-order valence-corrected chi connectivity index (χ0v) is 8.67. The van der Waals surface area contributed by atoms with Gasteiger partial charge < -0.3 is 14.2 Å². The number of hydrogen-bond acceptors (Lipinski definition) is 4. The van der Waals surface area contributed by atoms with Crippen LogP contribution in [0.1, 0.15) is 0 Å². The van der Waals surface area contributed by atoms with E-state index in [4.69, 9.17) is 14.2 Å². The number of esters is 1. The Bertz CT molecular complexity index is 368. The Morgan fingerprint density at radius 1 is 1.44 bits per heavy atom. The lowest BCUT2D eigenvalue weighted by atomic mass is 10.3. The minimum Gasteiger partial charge on any atom is -0.498 e. The Labute approximate surface area is 93.4 Å². The van der Waals surface area contributed by atoms with E-state index in [1.165, 1.54) is 12.3 Å². The monoisotopic (exact) mass is 220 g/mol. The van der Waals surface area contributed by atoms with E-state index in [-0.39, 0.29) is 6.10 Å². The average Bonchev–Trinajstić information content (AvgIpc) is 3.10. The van der Waals surface area contributed by atoms with Crippen LogP contribution in [-0.4, -0.2) is 25.3 Å². The quantitative estimate of drug-likeness (QED) is 0.248. The van der Waals surface area contributed by atoms with E-state index in [0.717, 1.165) is 6.61 Å². The van der Waals surface area contributed by atoms with Gasteiger partial charge in [0.05, 0.1) is 18.9 Å². The van der Waals surface area contributed by atoms with Crippen LogP contribution in [0.3, 0.4) is 0 Å². The molecule has 4 nitrogen and oxygen atoms in total.